The van der Waals surface area contributed by atoms with E-state index in [0.717, 1.165) is 22.6 Å². The van der Waals surface area contributed by atoms with Crippen LogP contribution in [0.15, 0.2) is 90.0 Å². The summed E-state index contributed by atoms with van der Waals surface area (Å²) < 4.78 is 5.76. The highest BCUT2D eigenvalue weighted by Crippen LogP contribution is 2.13. The molecule has 0 unspecified atom stereocenters. The zero-order chi connectivity index (χ0) is 19.6. The number of hydrazone groups is 1. The Kier molecular flexibility index (Phi) is 6.79. The van der Waals surface area contributed by atoms with E-state index in [9.17, 15) is 4.79 Å². The highest BCUT2D eigenvalue weighted by Gasteiger charge is 2.05. The van der Waals surface area contributed by atoms with Gasteiger partial charge in [0.2, 0.25) is 0 Å². The van der Waals surface area contributed by atoms with Crippen LogP contribution in [0, 0.1) is 0 Å². The molecule has 0 fully saturated rings. The third-order valence-electron chi connectivity index (χ3n) is 4.11. The van der Waals surface area contributed by atoms with Crippen LogP contribution in [0.25, 0.3) is 0 Å². The van der Waals surface area contributed by atoms with Crippen molar-refractivity contribution in [2.24, 2.45) is 5.10 Å². The first-order valence-corrected chi connectivity index (χ1v) is 9.05. The van der Waals surface area contributed by atoms with E-state index in [4.69, 9.17) is 4.74 Å². The number of para-hydroxylation sites is 1. The molecule has 3 aromatic carbocycles. The lowest BCUT2D eigenvalue weighted by Crippen LogP contribution is -2.32. The minimum absolute atomic E-state index is 0.176. The van der Waals surface area contributed by atoms with Crippen LogP contribution in [0.4, 0.5) is 5.69 Å². The molecule has 0 radical (unpaired) electrons. The van der Waals surface area contributed by atoms with Crippen molar-refractivity contribution in [3.63, 3.8) is 0 Å². The summed E-state index contributed by atoms with van der Waals surface area (Å²) in [4.78, 5) is 13.9. The largest absolute Gasteiger partial charge is 0.489 e. The zero-order valence-corrected chi connectivity index (χ0v) is 15.8. The first-order chi connectivity index (χ1) is 13.7. The second-order valence-electron chi connectivity index (χ2n) is 6.33. The Morgan fingerprint density at radius 1 is 0.964 bits per heavy atom. The smallest absolute Gasteiger partial charge is 0.259 e. The highest BCUT2D eigenvalue weighted by molar-refractivity contribution is 5.84. The van der Waals surface area contributed by atoms with Crippen molar-refractivity contribution in [3.05, 3.63) is 96.1 Å². The van der Waals surface area contributed by atoms with Crippen molar-refractivity contribution < 1.29 is 9.53 Å². The summed E-state index contributed by atoms with van der Waals surface area (Å²) in [7, 11) is 1.87. The minimum atomic E-state index is -0.176. The quantitative estimate of drug-likeness (QED) is 0.482. The number of benzene rings is 3. The second-order valence-corrected chi connectivity index (χ2v) is 6.33. The molecule has 28 heavy (non-hydrogen) atoms. The predicted molar refractivity (Wildman–Crippen MR) is 113 cm³/mol. The average molecular weight is 373 g/mol. The summed E-state index contributed by atoms with van der Waals surface area (Å²) in [5.41, 5.74) is 5.53. The topological polar surface area (TPSA) is 53.9 Å². The fourth-order valence-corrected chi connectivity index (χ4v) is 2.59. The molecule has 142 valence electrons. The fraction of sp³-hybridized carbons (Fsp3) is 0.130. The third kappa shape index (κ3) is 5.99. The summed E-state index contributed by atoms with van der Waals surface area (Å²) in [6.07, 6.45) is 1.61. The Morgan fingerprint density at radius 3 is 2.29 bits per heavy atom. The minimum Gasteiger partial charge on any atom is -0.489 e. The second kappa shape index (κ2) is 9.92. The maximum absolute atomic E-state index is 12.0. The van der Waals surface area contributed by atoms with E-state index in [2.05, 4.69) is 10.5 Å². The Bertz CT molecular complexity index is 894. The van der Waals surface area contributed by atoms with Crippen molar-refractivity contribution in [2.75, 3.05) is 18.5 Å². The Balaban J connectivity index is 1.44. The Morgan fingerprint density at radius 2 is 1.61 bits per heavy atom. The van der Waals surface area contributed by atoms with E-state index in [1.807, 2.05) is 96.9 Å². The van der Waals surface area contributed by atoms with Gasteiger partial charge in [0.25, 0.3) is 5.91 Å². The van der Waals surface area contributed by atoms with E-state index >= 15 is 0 Å². The van der Waals surface area contributed by atoms with E-state index in [0.29, 0.717) is 6.61 Å². The van der Waals surface area contributed by atoms with Crippen LogP contribution >= 0.6 is 0 Å². The number of amides is 1. The van der Waals surface area contributed by atoms with Gasteiger partial charge in [0.05, 0.1) is 12.8 Å². The molecule has 0 aliphatic heterocycles. The summed E-state index contributed by atoms with van der Waals surface area (Å²) in [6.45, 7) is 0.757. The Labute approximate surface area is 165 Å². The van der Waals surface area contributed by atoms with Crippen LogP contribution in [0.1, 0.15) is 11.1 Å². The number of likely N-dealkylation sites (N-methyl/N-ethyl adjacent to an activating group) is 1. The third-order valence-corrected chi connectivity index (χ3v) is 4.11. The summed E-state index contributed by atoms with van der Waals surface area (Å²) in [6, 6.07) is 27.3. The molecule has 0 saturated carbocycles. The number of rotatable bonds is 8. The van der Waals surface area contributed by atoms with Gasteiger partial charge in [-0.1, -0.05) is 48.5 Å². The number of hydrogen-bond acceptors (Lipinski definition) is 4. The molecule has 0 spiro atoms. The van der Waals surface area contributed by atoms with Gasteiger partial charge in [0.15, 0.2) is 0 Å². The van der Waals surface area contributed by atoms with E-state index in [1.165, 1.54) is 0 Å². The van der Waals surface area contributed by atoms with Gasteiger partial charge in [-0.3, -0.25) is 4.79 Å². The van der Waals surface area contributed by atoms with Gasteiger partial charge in [-0.15, -0.1) is 0 Å². The number of hydrogen-bond donors (Lipinski definition) is 1. The van der Waals surface area contributed by atoms with Gasteiger partial charge >= 0.3 is 0 Å². The summed E-state index contributed by atoms with van der Waals surface area (Å²) in [5.74, 6) is 0.611. The van der Waals surface area contributed by atoms with Crippen molar-refractivity contribution in [1.29, 1.82) is 0 Å². The average Bonchev–Trinajstić information content (AvgIpc) is 2.74. The maximum atomic E-state index is 12.0. The van der Waals surface area contributed by atoms with Gasteiger partial charge in [0.1, 0.15) is 12.4 Å². The van der Waals surface area contributed by atoms with Gasteiger partial charge in [0, 0.05) is 12.7 Å². The molecule has 5 heteroatoms. The van der Waals surface area contributed by atoms with Crippen molar-refractivity contribution in [2.45, 2.75) is 6.61 Å². The number of carbonyl (C=O) groups excluding carboxylic acids is 1. The monoisotopic (exact) mass is 373 g/mol. The van der Waals surface area contributed by atoms with Gasteiger partial charge < -0.3 is 9.64 Å². The molecular weight excluding hydrogens is 350 g/mol. The SMILES string of the molecule is CN(CC(=O)N/N=C/c1ccc(OCc2ccccc2)cc1)c1ccccc1. The molecule has 0 aliphatic rings. The van der Waals surface area contributed by atoms with Gasteiger partial charge in [-0.05, 0) is 47.5 Å². The molecular formula is C23H23N3O2. The van der Waals surface area contributed by atoms with Crippen LogP contribution in [0.5, 0.6) is 5.75 Å². The molecule has 0 heterocycles. The first kappa shape index (κ1) is 19.2. The molecule has 0 aliphatic carbocycles. The van der Waals surface area contributed by atoms with Gasteiger partial charge in [-0.2, -0.15) is 5.10 Å². The van der Waals surface area contributed by atoms with Crippen molar-refractivity contribution >= 4 is 17.8 Å². The standard InChI is InChI=1S/C23H23N3O2/c1-26(21-10-6-3-7-11-21)17-23(27)25-24-16-19-12-14-22(15-13-19)28-18-20-8-4-2-5-9-20/h2-16H,17-18H2,1H3,(H,25,27)/b24-16+. The summed E-state index contributed by atoms with van der Waals surface area (Å²) >= 11 is 0. The molecule has 0 bridgehead atoms. The summed E-state index contributed by atoms with van der Waals surface area (Å²) in [5, 5.41) is 4.02. The van der Waals surface area contributed by atoms with E-state index in [-0.39, 0.29) is 12.5 Å². The first-order valence-electron chi connectivity index (χ1n) is 9.05. The molecule has 1 N–H and O–H groups in total. The van der Waals surface area contributed by atoms with Crippen LogP contribution in [0.3, 0.4) is 0 Å². The van der Waals surface area contributed by atoms with Crippen LogP contribution in [-0.2, 0) is 11.4 Å². The lowest BCUT2D eigenvalue weighted by atomic mass is 10.2. The number of nitrogens with one attached hydrogen (secondary N) is 1. The number of carbonyl (C=O) groups is 1. The van der Waals surface area contributed by atoms with Gasteiger partial charge in [-0.25, -0.2) is 5.43 Å². The number of anilines is 1. The molecule has 5 nitrogen and oxygen atoms in total. The lowest BCUT2D eigenvalue weighted by Gasteiger charge is -2.17. The molecule has 0 aromatic heterocycles. The molecule has 1 amide bonds. The maximum Gasteiger partial charge on any atom is 0.259 e. The number of ether oxygens (including phenoxy) is 1. The zero-order valence-electron chi connectivity index (χ0n) is 15.8. The van der Waals surface area contributed by atoms with Crippen molar-refractivity contribution in [1.82, 2.24) is 5.43 Å². The van der Waals surface area contributed by atoms with Crippen molar-refractivity contribution in [3.8, 4) is 5.75 Å². The molecule has 0 atom stereocenters. The normalized spacial score (nSPS) is 10.6. The number of nitrogens with zero attached hydrogens (tertiary/aromatic N) is 2. The predicted octanol–water partition coefficient (Wildman–Crippen LogP) is 3.85. The fourth-order valence-electron chi connectivity index (χ4n) is 2.59. The molecule has 3 rings (SSSR count). The molecule has 3 aromatic rings. The van der Waals surface area contributed by atoms with E-state index < -0.39 is 0 Å². The van der Waals surface area contributed by atoms with Crippen LogP contribution < -0.4 is 15.1 Å². The molecule has 0 saturated heterocycles. The van der Waals surface area contributed by atoms with Crippen LogP contribution in [-0.4, -0.2) is 25.7 Å². The highest BCUT2D eigenvalue weighted by atomic mass is 16.5. The lowest BCUT2D eigenvalue weighted by molar-refractivity contribution is -0.119. The van der Waals surface area contributed by atoms with Crippen LogP contribution in [0.2, 0.25) is 0 Å². The Hall–Kier alpha value is -3.60. The van der Waals surface area contributed by atoms with E-state index in [1.54, 1.807) is 6.21 Å².